The van der Waals surface area contributed by atoms with Crippen LogP contribution >= 0.6 is 0 Å². The maximum atomic E-state index is 11.1. The van der Waals surface area contributed by atoms with Crippen molar-refractivity contribution < 1.29 is 14.6 Å². The van der Waals surface area contributed by atoms with Crippen LogP contribution in [-0.2, 0) is 7.05 Å². The van der Waals surface area contributed by atoms with E-state index in [1.807, 2.05) is 23.9 Å². The lowest BCUT2D eigenvalue weighted by atomic mass is 10.0. The van der Waals surface area contributed by atoms with Crippen LogP contribution in [0, 0.1) is 6.92 Å². The van der Waals surface area contributed by atoms with Gasteiger partial charge in [0.15, 0.2) is 0 Å². The Hall–Kier alpha value is -1.97. The number of carboxylic acids is 1. The number of rotatable bonds is 2. The second-order valence-corrected chi connectivity index (χ2v) is 3.75. The van der Waals surface area contributed by atoms with Crippen LogP contribution in [0.5, 0.6) is 5.75 Å². The fourth-order valence-electron chi connectivity index (χ4n) is 1.97. The van der Waals surface area contributed by atoms with Gasteiger partial charge in [-0.1, -0.05) is 0 Å². The second kappa shape index (κ2) is 3.56. The molecule has 1 N–H and O–H groups in total. The predicted molar refractivity (Wildman–Crippen MR) is 61.2 cm³/mol. The number of hydrogen-bond acceptors (Lipinski definition) is 2. The first-order valence-corrected chi connectivity index (χ1v) is 4.92. The number of hydrogen-bond donors (Lipinski definition) is 1. The Bertz CT molecular complexity index is 569. The average Bonchev–Trinajstić information content (AvgIpc) is 2.59. The molecule has 0 amide bonds. The molecule has 2 rings (SSSR count). The number of ether oxygens (including phenoxy) is 1. The van der Waals surface area contributed by atoms with Gasteiger partial charge < -0.3 is 14.4 Å². The van der Waals surface area contributed by atoms with Gasteiger partial charge in [-0.25, -0.2) is 4.79 Å². The lowest BCUT2D eigenvalue weighted by Crippen LogP contribution is -2.02. The van der Waals surface area contributed by atoms with E-state index < -0.39 is 5.97 Å². The summed E-state index contributed by atoms with van der Waals surface area (Å²) < 4.78 is 7.16. The number of carbonyl (C=O) groups is 1. The summed E-state index contributed by atoms with van der Waals surface area (Å²) in [5, 5.41) is 10.0. The Labute approximate surface area is 93.1 Å². The van der Waals surface area contributed by atoms with Gasteiger partial charge in [0.2, 0.25) is 0 Å². The molecule has 1 aromatic carbocycles. The van der Waals surface area contributed by atoms with Gasteiger partial charge in [-0.15, -0.1) is 0 Å². The van der Waals surface area contributed by atoms with Crippen molar-refractivity contribution in [2.75, 3.05) is 7.11 Å². The van der Waals surface area contributed by atoms with Crippen LogP contribution in [-0.4, -0.2) is 22.8 Å². The summed E-state index contributed by atoms with van der Waals surface area (Å²) in [5.74, 6) is -0.297. The number of carboxylic acid groups (broad SMARTS) is 1. The van der Waals surface area contributed by atoms with Crippen molar-refractivity contribution in [3.05, 3.63) is 29.5 Å². The summed E-state index contributed by atoms with van der Waals surface area (Å²) in [6.07, 6.45) is 1.89. The fourth-order valence-corrected chi connectivity index (χ4v) is 1.97. The molecule has 0 atom stereocenters. The van der Waals surface area contributed by atoms with Gasteiger partial charge in [0, 0.05) is 24.2 Å². The minimum atomic E-state index is -0.932. The highest BCUT2D eigenvalue weighted by molar-refractivity contribution is 5.98. The van der Waals surface area contributed by atoms with E-state index >= 15 is 0 Å². The van der Waals surface area contributed by atoms with Gasteiger partial charge in [0.05, 0.1) is 18.2 Å². The normalized spacial score (nSPS) is 10.7. The zero-order valence-corrected chi connectivity index (χ0v) is 9.44. The zero-order valence-electron chi connectivity index (χ0n) is 9.44. The molecule has 0 unspecified atom stereocenters. The summed E-state index contributed by atoms with van der Waals surface area (Å²) >= 11 is 0. The molecule has 84 valence electrons. The molecule has 0 saturated carbocycles. The molecular weight excluding hydrogens is 206 g/mol. The lowest BCUT2D eigenvalue weighted by Gasteiger charge is -2.10. The highest BCUT2D eigenvalue weighted by Gasteiger charge is 2.16. The van der Waals surface area contributed by atoms with Crippen molar-refractivity contribution >= 4 is 16.9 Å². The van der Waals surface area contributed by atoms with Gasteiger partial charge in [0.25, 0.3) is 0 Å². The van der Waals surface area contributed by atoms with E-state index in [0.29, 0.717) is 11.3 Å². The summed E-state index contributed by atoms with van der Waals surface area (Å²) in [4.78, 5) is 11.1. The molecule has 1 aromatic heterocycles. The molecule has 0 fully saturated rings. The molecule has 1 heterocycles. The van der Waals surface area contributed by atoms with Crippen LogP contribution in [0.15, 0.2) is 18.3 Å². The second-order valence-electron chi connectivity index (χ2n) is 3.75. The molecule has 0 saturated heterocycles. The van der Waals surface area contributed by atoms with Crippen molar-refractivity contribution in [3.8, 4) is 5.75 Å². The van der Waals surface area contributed by atoms with Crippen molar-refractivity contribution in [1.29, 1.82) is 0 Å². The third-order valence-corrected chi connectivity index (χ3v) is 2.83. The van der Waals surface area contributed by atoms with Crippen LogP contribution < -0.4 is 4.74 Å². The summed E-state index contributed by atoms with van der Waals surface area (Å²) in [7, 11) is 3.43. The molecule has 4 nitrogen and oxygen atoms in total. The molecule has 4 heteroatoms. The molecule has 0 aliphatic heterocycles. The van der Waals surface area contributed by atoms with E-state index in [9.17, 15) is 4.79 Å². The molecule has 16 heavy (non-hydrogen) atoms. The number of methoxy groups -OCH3 is 1. The summed E-state index contributed by atoms with van der Waals surface area (Å²) in [6, 6.07) is 3.60. The van der Waals surface area contributed by atoms with E-state index in [0.717, 1.165) is 10.9 Å². The Kier molecular flexibility index (Phi) is 2.34. The maximum absolute atomic E-state index is 11.1. The molecule has 0 radical (unpaired) electrons. The highest BCUT2D eigenvalue weighted by Crippen LogP contribution is 2.32. The number of aryl methyl sites for hydroxylation is 1. The summed E-state index contributed by atoms with van der Waals surface area (Å²) in [6.45, 7) is 1.76. The number of benzene rings is 1. The molecular formula is C12H13NO3. The first-order valence-electron chi connectivity index (χ1n) is 4.92. The van der Waals surface area contributed by atoms with Crippen LogP contribution in [0.3, 0.4) is 0 Å². The van der Waals surface area contributed by atoms with Gasteiger partial charge in [-0.05, 0) is 19.1 Å². The average molecular weight is 219 g/mol. The highest BCUT2D eigenvalue weighted by atomic mass is 16.5. The van der Waals surface area contributed by atoms with E-state index in [1.165, 1.54) is 0 Å². The van der Waals surface area contributed by atoms with Crippen LogP contribution in [0.4, 0.5) is 0 Å². The zero-order chi connectivity index (χ0) is 11.9. The molecule has 0 spiro atoms. The molecule has 0 aliphatic carbocycles. The van der Waals surface area contributed by atoms with Crippen molar-refractivity contribution in [1.82, 2.24) is 4.57 Å². The largest absolute Gasteiger partial charge is 0.496 e. The van der Waals surface area contributed by atoms with Gasteiger partial charge in [-0.2, -0.15) is 0 Å². The van der Waals surface area contributed by atoms with E-state index in [1.54, 1.807) is 20.1 Å². The van der Waals surface area contributed by atoms with E-state index in [2.05, 4.69) is 0 Å². The van der Waals surface area contributed by atoms with Crippen LogP contribution in [0.25, 0.3) is 10.9 Å². The Morgan fingerprint density at radius 1 is 1.50 bits per heavy atom. The summed E-state index contributed by atoms with van der Waals surface area (Å²) in [5.41, 5.74) is 1.81. The Balaban J connectivity index is 2.90. The number of fused-ring (bicyclic) bond motifs is 1. The SMILES string of the molecule is COc1c(C)c(C(=O)O)cc2c1ccn2C. The molecule has 0 aliphatic rings. The van der Waals surface area contributed by atoms with Crippen molar-refractivity contribution in [2.45, 2.75) is 6.92 Å². The first kappa shape index (κ1) is 10.5. The number of aromatic carboxylic acids is 1. The van der Waals surface area contributed by atoms with Crippen molar-refractivity contribution in [2.24, 2.45) is 7.05 Å². The Morgan fingerprint density at radius 2 is 2.19 bits per heavy atom. The smallest absolute Gasteiger partial charge is 0.336 e. The van der Waals surface area contributed by atoms with Crippen LogP contribution in [0.2, 0.25) is 0 Å². The quantitative estimate of drug-likeness (QED) is 0.842. The monoisotopic (exact) mass is 219 g/mol. The molecule has 0 bridgehead atoms. The number of nitrogens with zero attached hydrogens (tertiary/aromatic N) is 1. The maximum Gasteiger partial charge on any atom is 0.336 e. The first-order chi connectivity index (χ1) is 7.56. The predicted octanol–water partition coefficient (Wildman–Crippen LogP) is 2.19. The van der Waals surface area contributed by atoms with Gasteiger partial charge in [-0.3, -0.25) is 0 Å². The minimum Gasteiger partial charge on any atom is -0.496 e. The number of aromatic nitrogens is 1. The van der Waals surface area contributed by atoms with Crippen LogP contribution in [0.1, 0.15) is 15.9 Å². The third-order valence-electron chi connectivity index (χ3n) is 2.83. The van der Waals surface area contributed by atoms with E-state index in [-0.39, 0.29) is 5.56 Å². The third kappa shape index (κ3) is 1.34. The van der Waals surface area contributed by atoms with Gasteiger partial charge >= 0.3 is 5.97 Å². The van der Waals surface area contributed by atoms with Gasteiger partial charge in [0.1, 0.15) is 5.75 Å². The molecule has 2 aromatic rings. The van der Waals surface area contributed by atoms with E-state index in [4.69, 9.17) is 9.84 Å². The topological polar surface area (TPSA) is 51.5 Å². The fraction of sp³-hybridized carbons (Fsp3) is 0.250. The minimum absolute atomic E-state index is 0.283. The Morgan fingerprint density at radius 3 is 2.75 bits per heavy atom. The lowest BCUT2D eigenvalue weighted by molar-refractivity contribution is 0.0696. The van der Waals surface area contributed by atoms with Crippen molar-refractivity contribution in [3.63, 3.8) is 0 Å². The standard InChI is InChI=1S/C12H13NO3/c1-7-9(12(14)15)6-10-8(11(7)16-3)4-5-13(10)2/h4-6H,1-3H3,(H,14,15).